The molecule has 5 nitrogen and oxygen atoms in total. The number of ether oxygens (including phenoxy) is 1. The third-order valence-corrected chi connectivity index (χ3v) is 3.78. The molecule has 0 saturated carbocycles. The molecule has 0 aliphatic carbocycles. The quantitative estimate of drug-likeness (QED) is 0.843. The maximum Gasteiger partial charge on any atom is 0.325 e. The number of carboxylic acids is 1. The molecule has 116 valence electrons. The third kappa shape index (κ3) is 4.09. The van der Waals surface area contributed by atoms with E-state index in [2.05, 4.69) is 5.32 Å². The van der Waals surface area contributed by atoms with Crippen LogP contribution >= 0.6 is 11.6 Å². The van der Waals surface area contributed by atoms with Crippen molar-refractivity contribution in [2.24, 2.45) is 0 Å². The second-order valence-corrected chi connectivity index (χ2v) is 5.47. The zero-order valence-electron chi connectivity index (χ0n) is 12.1. The fourth-order valence-electron chi connectivity index (χ4n) is 2.47. The van der Waals surface area contributed by atoms with Gasteiger partial charge >= 0.3 is 5.97 Å². The molecule has 0 radical (unpaired) electrons. The van der Waals surface area contributed by atoms with Crippen molar-refractivity contribution in [1.82, 2.24) is 10.2 Å². The Hall–Kier alpha value is -1.30. The van der Waals surface area contributed by atoms with Crippen LogP contribution in [0.5, 0.6) is 5.75 Å². The topological polar surface area (TPSA) is 61.8 Å². The number of carboxylic acid groups (broad SMARTS) is 1. The fourth-order valence-corrected chi connectivity index (χ4v) is 2.71. The van der Waals surface area contributed by atoms with E-state index in [1.165, 1.54) is 0 Å². The van der Waals surface area contributed by atoms with Crippen LogP contribution in [0.4, 0.5) is 0 Å². The summed E-state index contributed by atoms with van der Waals surface area (Å²) in [5.74, 6) is -0.248. The van der Waals surface area contributed by atoms with Gasteiger partial charge in [0, 0.05) is 26.2 Å². The molecule has 21 heavy (non-hydrogen) atoms. The first kappa shape index (κ1) is 16.1. The molecule has 1 fully saturated rings. The van der Waals surface area contributed by atoms with Gasteiger partial charge in [-0.1, -0.05) is 24.6 Å². The van der Waals surface area contributed by atoms with Gasteiger partial charge in [-0.15, -0.1) is 0 Å². The van der Waals surface area contributed by atoms with Gasteiger partial charge in [0.25, 0.3) is 0 Å². The molecule has 1 aromatic carbocycles. The van der Waals surface area contributed by atoms with Crippen LogP contribution in [0.25, 0.3) is 0 Å². The number of hydrogen-bond donors (Lipinski definition) is 2. The molecule has 1 aromatic rings. The molecule has 1 atom stereocenters. The van der Waals surface area contributed by atoms with E-state index in [1.54, 1.807) is 18.2 Å². The Bertz CT molecular complexity index is 490. The van der Waals surface area contributed by atoms with Crippen LogP contribution in [0.2, 0.25) is 5.02 Å². The molecule has 0 bridgehead atoms. The highest BCUT2D eigenvalue weighted by atomic mass is 35.5. The first-order chi connectivity index (χ1) is 10.1. The molecule has 1 heterocycles. The van der Waals surface area contributed by atoms with Gasteiger partial charge in [0.1, 0.15) is 11.8 Å². The minimum Gasteiger partial charge on any atom is -0.492 e. The number of hydrogen-bond acceptors (Lipinski definition) is 4. The summed E-state index contributed by atoms with van der Waals surface area (Å²) in [6.45, 7) is 5.64. The summed E-state index contributed by atoms with van der Waals surface area (Å²) in [5, 5.41) is 13.2. The van der Waals surface area contributed by atoms with E-state index >= 15 is 0 Å². The van der Waals surface area contributed by atoms with Gasteiger partial charge in [-0.3, -0.25) is 9.69 Å². The Kier molecular flexibility index (Phi) is 5.85. The normalized spacial score (nSPS) is 17.4. The molecule has 2 rings (SSSR count). The van der Waals surface area contributed by atoms with E-state index < -0.39 is 12.0 Å². The molecule has 1 aliphatic rings. The predicted molar refractivity (Wildman–Crippen MR) is 82.1 cm³/mol. The molecule has 0 aromatic heterocycles. The van der Waals surface area contributed by atoms with Gasteiger partial charge in [0.15, 0.2) is 0 Å². The van der Waals surface area contributed by atoms with Crippen LogP contribution in [0, 0.1) is 0 Å². The van der Waals surface area contributed by atoms with Crippen molar-refractivity contribution < 1.29 is 14.6 Å². The lowest BCUT2D eigenvalue weighted by Gasteiger charge is -2.32. The van der Waals surface area contributed by atoms with Crippen molar-refractivity contribution in [1.29, 1.82) is 0 Å². The van der Waals surface area contributed by atoms with Crippen molar-refractivity contribution in [2.45, 2.75) is 19.4 Å². The number of carbonyl (C=O) groups is 1. The second kappa shape index (κ2) is 7.64. The van der Waals surface area contributed by atoms with Crippen LogP contribution < -0.4 is 10.1 Å². The summed E-state index contributed by atoms with van der Waals surface area (Å²) in [4.78, 5) is 13.6. The summed E-state index contributed by atoms with van der Waals surface area (Å²) in [5.41, 5.74) is 0.693. The van der Waals surface area contributed by atoms with Gasteiger partial charge < -0.3 is 15.2 Å². The fraction of sp³-hybridized carbons (Fsp3) is 0.533. The largest absolute Gasteiger partial charge is 0.492 e. The number of rotatable bonds is 6. The lowest BCUT2D eigenvalue weighted by atomic mass is 10.0. The molecule has 0 spiro atoms. The Labute approximate surface area is 129 Å². The van der Waals surface area contributed by atoms with E-state index in [0.29, 0.717) is 36.0 Å². The molecule has 1 saturated heterocycles. The first-order valence-corrected chi connectivity index (χ1v) is 7.61. The minimum atomic E-state index is -0.852. The van der Waals surface area contributed by atoms with Gasteiger partial charge in [-0.05, 0) is 24.1 Å². The highest BCUT2D eigenvalue weighted by Gasteiger charge is 2.28. The van der Waals surface area contributed by atoms with Crippen molar-refractivity contribution in [3.8, 4) is 5.75 Å². The highest BCUT2D eigenvalue weighted by Crippen LogP contribution is 2.30. The number of nitrogens with zero attached hydrogens (tertiary/aromatic N) is 1. The molecular weight excluding hydrogens is 292 g/mol. The van der Waals surface area contributed by atoms with Crippen LogP contribution in [0.3, 0.4) is 0 Å². The monoisotopic (exact) mass is 312 g/mol. The first-order valence-electron chi connectivity index (χ1n) is 7.23. The summed E-state index contributed by atoms with van der Waals surface area (Å²) >= 11 is 6.20. The Morgan fingerprint density at radius 1 is 1.48 bits per heavy atom. The molecule has 0 amide bonds. The van der Waals surface area contributed by atoms with Crippen LogP contribution in [0.1, 0.15) is 24.9 Å². The Morgan fingerprint density at radius 2 is 2.19 bits per heavy atom. The van der Waals surface area contributed by atoms with Crippen molar-refractivity contribution in [3.63, 3.8) is 0 Å². The highest BCUT2D eigenvalue weighted by molar-refractivity contribution is 6.32. The maximum absolute atomic E-state index is 11.6. The number of piperazine rings is 1. The number of nitrogens with one attached hydrogen (secondary N) is 1. The van der Waals surface area contributed by atoms with Crippen LogP contribution in [-0.4, -0.2) is 48.8 Å². The van der Waals surface area contributed by atoms with E-state index in [-0.39, 0.29) is 0 Å². The number of halogens is 1. The standard InChI is InChI=1S/C15H21ClN2O3/c1-2-9-21-13-4-3-11(10-12(13)16)14(15(19)20)18-7-5-17-6-8-18/h3-4,10,14,17H,2,5-9H2,1H3,(H,19,20). The van der Waals surface area contributed by atoms with Crippen molar-refractivity contribution in [3.05, 3.63) is 28.8 Å². The smallest absolute Gasteiger partial charge is 0.325 e. The lowest BCUT2D eigenvalue weighted by molar-refractivity contribution is -0.143. The summed E-state index contributed by atoms with van der Waals surface area (Å²) in [6.07, 6.45) is 0.899. The minimum absolute atomic E-state index is 0.460. The van der Waals surface area contributed by atoms with Crippen LogP contribution in [0.15, 0.2) is 18.2 Å². The Morgan fingerprint density at radius 3 is 2.76 bits per heavy atom. The SMILES string of the molecule is CCCOc1ccc(C(C(=O)O)N2CCNCC2)cc1Cl. The summed E-state index contributed by atoms with van der Waals surface area (Å²) in [7, 11) is 0. The predicted octanol–water partition coefficient (Wildman–Crippen LogP) is 2.16. The zero-order valence-corrected chi connectivity index (χ0v) is 12.9. The van der Waals surface area contributed by atoms with E-state index in [9.17, 15) is 9.90 Å². The van der Waals surface area contributed by atoms with Crippen molar-refractivity contribution in [2.75, 3.05) is 32.8 Å². The number of benzene rings is 1. The average Bonchev–Trinajstić information content (AvgIpc) is 2.47. The second-order valence-electron chi connectivity index (χ2n) is 5.07. The van der Waals surface area contributed by atoms with Gasteiger partial charge in [0.2, 0.25) is 0 Å². The molecule has 1 aliphatic heterocycles. The molecule has 6 heteroatoms. The van der Waals surface area contributed by atoms with Crippen molar-refractivity contribution >= 4 is 17.6 Å². The molecule has 1 unspecified atom stereocenters. The summed E-state index contributed by atoms with van der Waals surface area (Å²) < 4.78 is 5.52. The van der Waals surface area contributed by atoms with Crippen LogP contribution in [-0.2, 0) is 4.79 Å². The van der Waals surface area contributed by atoms with E-state index in [0.717, 1.165) is 19.5 Å². The van der Waals surface area contributed by atoms with E-state index in [1.807, 2.05) is 11.8 Å². The Balaban J connectivity index is 2.20. The van der Waals surface area contributed by atoms with Gasteiger partial charge in [-0.2, -0.15) is 0 Å². The van der Waals surface area contributed by atoms with Gasteiger partial charge in [-0.25, -0.2) is 0 Å². The number of aliphatic carboxylic acids is 1. The van der Waals surface area contributed by atoms with E-state index in [4.69, 9.17) is 16.3 Å². The lowest BCUT2D eigenvalue weighted by Crippen LogP contribution is -2.47. The maximum atomic E-state index is 11.6. The zero-order chi connectivity index (χ0) is 15.2. The van der Waals surface area contributed by atoms with Gasteiger partial charge in [0.05, 0.1) is 11.6 Å². The summed E-state index contributed by atoms with van der Waals surface area (Å²) in [6, 6.07) is 4.58. The molecule has 2 N–H and O–H groups in total. The molecular formula is C15H21ClN2O3. The third-order valence-electron chi connectivity index (χ3n) is 3.48. The average molecular weight is 313 g/mol.